The van der Waals surface area contributed by atoms with E-state index < -0.39 is 21.7 Å². The fourth-order valence-corrected chi connectivity index (χ4v) is 8.29. The van der Waals surface area contributed by atoms with Crippen LogP contribution in [0.5, 0.6) is 0 Å². The van der Waals surface area contributed by atoms with Crippen molar-refractivity contribution in [2.45, 2.75) is 86.5 Å². The minimum absolute atomic E-state index is 0.0199. The van der Waals surface area contributed by atoms with Gasteiger partial charge >= 0.3 is 5.97 Å². The standard InChI is InChI=1S/C28H38O6/c1-15(8-9-22(33)34-7)16-12-21(32)28(6)24-17(29)13-19-25(2,3)20(31)10-11-26(19,4)23(24)18(30)14-27(16,28)5/h15-16,19H,8-14H2,1-7H3/t15-,16-,19+,26+,27-,28+/m1/s1. The SMILES string of the molecule is COC(=O)CC[C@@H](C)[C@H]1CC(=O)[C@@]2(C)C3=C(C(=O)C[C@]12C)[C@@]1(C)CCC(=O)C(C)(C)[C@@H]1CC3=O. The minimum Gasteiger partial charge on any atom is -0.469 e. The van der Waals surface area contributed by atoms with Crippen LogP contribution in [-0.4, -0.2) is 36.2 Å². The third-order valence-corrected chi connectivity index (χ3v) is 10.7. The molecule has 0 aromatic carbocycles. The van der Waals surface area contributed by atoms with Gasteiger partial charge in [0.25, 0.3) is 0 Å². The largest absolute Gasteiger partial charge is 0.469 e. The van der Waals surface area contributed by atoms with Crippen LogP contribution in [-0.2, 0) is 28.7 Å². The van der Waals surface area contributed by atoms with E-state index in [4.69, 9.17) is 4.74 Å². The van der Waals surface area contributed by atoms with E-state index in [9.17, 15) is 24.0 Å². The number of carbonyl (C=O) groups is 5. The molecule has 34 heavy (non-hydrogen) atoms. The van der Waals surface area contributed by atoms with Crippen LogP contribution in [0.1, 0.15) is 86.5 Å². The Kier molecular flexibility index (Phi) is 5.66. The zero-order chi connectivity index (χ0) is 25.4. The van der Waals surface area contributed by atoms with Gasteiger partial charge in [0.2, 0.25) is 0 Å². The highest BCUT2D eigenvalue weighted by molar-refractivity contribution is 6.16. The highest BCUT2D eigenvalue weighted by Crippen LogP contribution is 2.69. The lowest BCUT2D eigenvalue weighted by molar-refractivity contribution is -0.147. The normalized spacial score (nSPS) is 40.0. The van der Waals surface area contributed by atoms with Crippen molar-refractivity contribution in [3.05, 3.63) is 11.1 Å². The van der Waals surface area contributed by atoms with Gasteiger partial charge in [-0.2, -0.15) is 0 Å². The number of rotatable bonds is 4. The van der Waals surface area contributed by atoms with Crippen LogP contribution in [0.3, 0.4) is 0 Å². The van der Waals surface area contributed by atoms with Crippen LogP contribution in [0.25, 0.3) is 0 Å². The Bertz CT molecular complexity index is 1030. The van der Waals surface area contributed by atoms with E-state index in [2.05, 4.69) is 0 Å². The topological polar surface area (TPSA) is 94.6 Å². The van der Waals surface area contributed by atoms with E-state index in [-0.39, 0.29) is 66.1 Å². The summed E-state index contributed by atoms with van der Waals surface area (Å²) in [6.45, 7) is 11.7. The molecule has 0 amide bonds. The first-order valence-electron chi connectivity index (χ1n) is 12.6. The Hall–Kier alpha value is -2.11. The zero-order valence-corrected chi connectivity index (χ0v) is 21.6. The molecule has 0 aliphatic heterocycles. The molecular weight excluding hydrogens is 432 g/mol. The fourth-order valence-electron chi connectivity index (χ4n) is 8.29. The highest BCUT2D eigenvalue weighted by Gasteiger charge is 2.70. The smallest absolute Gasteiger partial charge is 0.305 e. The van der Waals surface area contributed by atoms with Gasteiger partial charge in [0.15, 0.2) is 11.6 Å². The van der Waals surface area contributed by atoms with Crippen LogP contribution in [0.2, 0.25) is 0 Å². The quantitative estimate of drug-likeness (QED) is 0.564. The van der Waals surface area contributed by atoms with Crippen LogP contribution in [0.15, 0.2) is 11.1 Å². The number of methoxy groups -OCH3 is 1. The highest BCUT2D eigenvalue weighted by atomic mass is 16.5. The monoisotopic (exact) mass is 470 g/mol. The molecule has 0 bridgehead atoms. The van der Waals surface area contributed by atoms with Crippen LogP contribution >= 0.6 is 0 Å². The summed E-state index contributed by atoms with van der Waals surface area (Å²) < 4.78 is 4.79. The first kappa shape index (κ1) is 25.0. The number of hydrogen-bond acceptors (Lipinski definition) is 6. The summed E-state index contributed by atoms with van der Waals surface area (Å²) in [6, 6.07) is 0. The summed E-state index contributed by atoms with van der Waals surface area (Å²) in [4.78, 5) is 66.0. The Morgan fingerprint density at radius 3 is 2.24 bits per heavy atom. The predicted octanol–water partition coefficient (Wildman–Crippen LogP) is 4.43. The van der Waals surface area contributed by atoms with E-state index in [1.54, 1.807) is 0 Å². The summed E-state index contributed by atoms with van der Waals surface area (Å²) in [5.41, 5.74) is -2.02. The van der Waals surface area contributed by atoms with Gasteiger partial charge < -0.3 is 4.74 Å². The van der Waals surface area contributed by atoms with Crippen molar-refractivity contribution < 1.29 is 28.7 Å². The number of carbonyl (C=O) groups excluding carboxylic acids is 5. The molecule has 4 rings (SSSR count). The van der Waals surface area contributed by atoms with Gasteiger partial charge in [-0.15, -0.1) is 0 Å². The van der Waals surface area contributed by atoms with Crippen molar-refractivity contribution in [3.63, 3.8) is 0 Å². The van der Waals surface area contributed by atoms with Crippen molar-refractivity contribution in [2.75, 3.05) is 7.11 Å². The summed E-state index contributed by atoms with van der Waals surface area (Å²) in [5.74, 6) is -0.623. The molecule has 0 aromatic heterocycles. The molecule has 0 N–H and O–H groups in total. The maximum atomic E-state index is 13.9. The Morgan fingerprint density at radius 2 is 1.62 bits per heavy atom. The number of hydrogen-bond donors (Lipinski definition) is 0. The van der Waals surface area contributed by atoms with E-state index in [1.165, 1.54) is 7.11 Å². The zero-order valence-electron chi connectivity index (χ0n) is 21.6. The molecule has 2 saturated carbocycles. The first-order chi connectivity index (χ1) is 15.7. The number of allylic oxidation sites excluding steroid dienone is 2. The van der Waals surface area contributed by atoms with Gasteiger partial charge in [-0.05, 0) is 42.9 Å². The lowest BCUT2D eigenvalue weighted by atomic mass is 9.43. The molecule has 0 radical (unpaired) electrons. The van der Waals surface area contributed by atoms with Gasteiger partial charge in [0, 0.05) is 54.1 Å². The van der Waals surface area contributed by atoms with Crippen molar-refractivity contribution >= 4 is 29.1 Å². The van der Waals surface area contributed by atoms with Crippen LogP contribution in [0.4, 0.5) is 0 Å². The number of Topliss-reactive ketones (excluding diaryl/α,β-unsaturated/α-hetero) is 4. The Morgan fingerprint density at radius 1 is 0.971 bits per heavy atom. The molecule has 0 aromatic rings. The minimum atomic E-state index is -1.03. The molecule has 6 atom stereocenters. The van der Waals surface area contributed by atoms with Crippen molar-refractivity contribution in [1.29, 1.82) is 0 Å². The predicted molar refractivity (Wildman–Crippen MR) is 126 cm³/mol. The number of ketones is 4. The Labute approximate surface area is 202 Å². The molecule has 4 aliphatic carbocycles. The van der Waals surface area contributed by atoms with E-state index in [0.717, 1.165) is 0 Å². The fraction of sp³-hybridized carbons (Fsp3) is 0.750. The number of esters is 1. The second kappa shape index (κ2) is 7.69. The third kappa shape index (κ3) is 3.02. The Balaban J connectivity index is 1.83. The van der Waals surface area contributed by atoms with E-state index in [1.807, 2.05) is 41.5 Å². The summed E-state index contributed by atoms with van der Waals surface area (Å²) in [6.07, 6.45) is 2.47. The number of ether oxygens (including phenoxy) is 1. The number of fused-ring (bicyclic) bond motifs is 4. The lowest BCUT2D eigenvalue weighted by Crippen LogP contribution is -2.59. The second-order valence-corrected chi connectivity index (χ2v) is 12.5. The summed E-state index contributed by atoms with van der Waals surface area (Å²) >= 11 is 0. The van der Waals surface area contributed by atoms with Gasteiger partial charge in [0.1, 0.15) is 11.6 Å². The van der Waals surface area contributed by atoms with E-state index >= 15 is 0 Å². The molecule has 0 spiro atoms. The summed E-state index contributed by atoms with van der Waals surface area (Å²) in [5, 5.41) is 0. The van der Waals surface area contributed by atoms with Crippen molar-refractivity contribution in [2.24, 2.45) is 39.4 Å². The molecule has 2 fully saturated rings. The van der Waals surface area contributed by atoms with Gasteiger partial charge in [-0.3, -0.25) is 24.0 Å². The molecule has 6 heteroatoms. The van der Waals surface area contributed by atoms with Gasteiger partial charge in [0.05, 0.1) is 12.5 Å². The van der Waals surface area contributed by atoms with Crippen LogP contribution in [0, 0.1) is 39.4 Å². The van der Waals surface area contributed by atoms with Gasteiger partial charge in [-0.1, -0.05) is 34.6 Å². The van der Waals surface area contributed by atoms with Crippen molar-refractivity contribution in [3.8, 4) is 0 Å². The molecule has 0 unspecified atom stereocenters. The van der Waals surface area contributed by atoms with Crippen LogP contribution < -0.4 is 0 Å². The molecule has 0 heterocycles. The maximum Gasteiger partial charge on any atom is 0.305 e. The summed E-state index contributed by atoms with van der Waals surface area (Å²) in [7, 11) is 1.36. The maximum absolute atomic E-state index is 13.9. The molecule has 6 nitrogen and oxygen atoms in total. The molecule has 0 saturated heterocycles. The lowest BCUT2D eigenvalue weighted by Gasteiger charge is -2.58. The van der Waals surface area contributed by atoms with E-state index in [0.29, 0.717) is 36.8 Å². The van der Waals surface area contributed by atoms with Gasteiger partial charge in [-0.25, -0.2) is 0 Å². The molecular formula is C28H38O6. The second-order valence-electron chi connectivity index (χ2n) is 12.5. The molecule has 4 aliphatic rings. The molecule has 186 valence electrons. The third-order valence-electron chi connectivity index (χ3n) is 10.7. The average Bonchev–Trinajstić information content (AvgIpc) is 2.97. The van der Waals surface area contributed by atoms with Crippen molar-refractivity contribution in [1.82, 2.24) is 0 Å². The average molecular weight is 471 g/mol. The first-order valence-corrected chi connectivity index (χ1v) is 12.6.